The zero-order valence-corrected chi connectivity index (χ0v) is 12.7. The maximum atomic E-state index is 5.72. The van der Waals surface area contributed by atoms with Gasteiger partial charge in [0.2, 0.25) is 5.95 Å². The minimum Gasteiger partial charge on any atom is -0.424 e. The molecule has 0 saturated carbocycles. The van der Waals surface area contributed by atoms with Crippen LogP contribution in [0.1, 0.15) is 19.9 Å². The Morgan fingerprint density at radius 1 is 1.17 bits per heavy atom. The molecule has 1 aromatic carbocycles. The van der Waals surface area contributed by atoms with Crippen LogP contribution in [0, 0.1) is 0 Å². The van der Waals surface area contributed by atoms with Crippen LogP contribution in [0.15, 0.2) is 28.8 Å². The van der Waals surface area contributed by atoms with E-state index in [1.54, 1.807) is 6.20 Å². The molecule has 8 heteroatoms. The van der Waals surface area contributed by atoms with Crippen molar-refractivity contribution in [3.8, 4) is 11.3 Å². The summed E-state index contributed by atoms with van der Waals surface area (Å²) in [6.07, 6.45) is 1.69. The molecular formula is C15H15N7O. The Kier molecular flexibility index (Phi) is 2.74. The first-order chi connectivity index (χ1) is 11.0. The zero-order chi connectivity index (χ0) is 16.1. The molecule has 0 aliphatic heterocycles. The van der Waals surface area contributed by atoms with Crippen LogP contribution >= 0.6 is 0 Å². The van der Waals surface area contributed by atoms with Crippen LogP contribution in [0.25, 0.3) is 33.4 Å². The van der Waals surface area contributed by atoms with E-state index >= 15 is 0 Å². The van der Waals surface area contributed by atoms with Crippen molar-refractivity contribution in [1.29, 1.82) is 0 Å². The van der Waals surface area contributed by atoms with Crippen molar-refractivity contribution in [2.45, 2.75) is 19.9 Å². The van der Waals surface area contributed by atoms with E-state index in [2.05, 4.69) is 20.1 Å². The van der Waals surface area contributed by atoms with Crippen LogP contribution in [-0.4, -0.2) is 24.7 Å². The Morgan fingerprint density at radius 3 is 2.78 bits per heavy atom. The number of nitrogens with two attached hydrogens (primary N) is 2. The lowest BCUT2D eigenvalue weighted by atomic mass is 10.1. The topological polar surface area (TPSA) is 122 Å². The normalized spacial score (nSPS) is 11.8. The molecule has 0 radical (unpaired) electrons. The molecule has 0 aliphatic carbocycles. The number of fused-ring (bicyclic) bond motifs is 2. The number of benzene rings is 1. The van der Waals surface area contributed by atoms with Gasteiger partial charge in [-0.25, -0.2) is 9.67 Å². The van der Waals surface area contributed by atoms with Crippen molar-refractivity contribution in [2.75, 3.05) is 11.5 Å². The van der Waals surface area contributed by atoms with Crippen molar-refractivity contribution in [3.05, 3.63) is 24.4 Å². The van der Waals surface area contributed by atoms with Gasteiger partial charge >= 0.3 is 0 Å². The van der Waals surface area contributed by atoms with E-state index < -0.39 is 0 Å². The zero-order valence-electron chi connectivity index (χ0n) is 12.7. The molecule has 0 unspecified atom stereocenters. The molecule has 116 valence electrons. The van der Waals surface area contributed by atoms with Gasteiger partial charge in [0.1, 0.15) is 11.2 Å². The molecule has 3 heterocycles. The first kappa shape index (κ1) is 13.5. The first-order valence-corrected chi connectivity index (χ1v) is 7.20. The number of nitrogens with zero attached hydrogens (tertiary/aromatic N) is 5. The van der Waals surface area contributed by atoms with Crippen molar-refractivity contribution in [3.63, 3.8) is 0 Å². The van der Waals surface area contributed by atoms with E-state index in [4.69, 9.17) is 15.9 Å². The summed E-state index contributed by atoms with van der Waals surface area (Å²) in [6, 6.07) is 5.91. The van der Waals surface area contributed by atoms with Gasteiger partial charge in [-0.15, -0.1) is 0 Å². The quantitative estimate of drug-likeness (QED) is 0.583. The molecule has 0 saturated heterocycles. The lowest BCUT2D eigenvalue weighted by Crippen LogP contribution is -2.05. The van der Waals surface area contributed by atoms with Gasteiger partial charge in [-0.3, -0.25) is 0 Å². The van der Waals surface area contributed by atoms with Crippen LogP contribution in [0.5, 0.6) is 0 Å². The van der Waals surface area contributed by atoms with E-state index in [9.17, 15) is 0 Å². The van der Waals surface area contributed by atoms with Crippen molar-refractivity contribution in [2.24, 2.45) is 0 Å². The average Bonchev–Trinajstić information content (AvgIpc) is 3.05. The summed E-state index contributed by atoms with van der Waals surface area (Å²) in [7, 11) is 0. The van der Waals surface area contributed by atoms with E-state index in [0.717, 1.165) is 16.6 Å². The van der Waals surface area contributed by atoms with Gasteiger partial charge in [0.15, 0.2) is 11.2 Å². The molecule has 0 amide bonds. The summed E-state index contributed by atoms with van der Waals surface area (Å²) in [5.41, 5.74) is 15.0. The monoisotopic (exact) mass is 309 g/mol. The van der Waals surface area contributed by atoms with Gasteiger partial charge in [-0.1, -0.05) is 0 Å². The molecule has 4 aromatic rings. The number of hydrogen-bond donors (Lipinski definition) is 2. The summed E-state index contributed by atoms with van der Waals surface area (Å²) < 4.78 is 7.14. The molecule has 3 aromatic heterocycles. The Balaban J connectivity index is 1.99. The number of aromatic nitrogens is 5. The van der Waals surface area contributed by atoms with Crippen LogP contribution in [-0.2, 0) is 0 Å². The van der Waals surface area contributed by atoms with E-state index in [0.29, 0.717) is 16.7 Å². The van der Waals surface area contributed by atoms with Gasteiger partial charge in [-0.2, -0.15) is 15.1 Å². The van der Waals surface area contributed by atoms with Crippen molar-refractivity contribution < 1.29 is 4.42 Å². The largest absolute Gasteiger partial charge is 0.424 e. The minimum absolute atomic E-state index is 0.144. The molecule has 0 fully saturated rings. The highest BCUT2D eigenvalue weighted by Crippen LogP contribution is 2.31. The Morgan fingerprint density at radius 2 is 2.00 bits per heavy atom. The molecule has 0 aliphatic rings. The fraction of sp³-hybridized carbons (Fsp3) is 0.200. The third kappa shape index (κ3) is 2.07. The Hall–Kier alpha value is -3.16. The fourth-order valence-electron chi connectivity index (χ4n) is 2.60. The Labute approximate surface area is 131 Å². The van der Waals surface area contributed by atoms with Crippen LogP contribution in [0.4, 0.5) is 12.0 Å². The average molecular weight is 309 g/mol. The highest BCUT2D eigenvalue weighted by Gasteiger charge is 2.17. The van der Waals surface area contributed by atoms with Crippen LogP contribution < -0.4 is 11.5 Å². The molecule has 8 nitrogen and oxygen atoms in total. The van der Waals surface area contributed by atoms with Gasteiger partial charge in [0, 0.05) is 17.8 Å². The summed E-state index contributed by atoms with van der Waals surface area (Å²) >= 11 is 0. The first-order valence-electron chi connectivity index (χ1n) is 7.20. The second-order valence-corrected chi connectivity index (χ2v) is 5.59. The molecule has 23 heavy (non-hydrogen) atoms. The lowest BCUT2D eigenvalue weighted by Gasteiger charge is -2.05. The maximum Gasteiger partial charge on any atom is 0.292 e. The number of anilines is 2. The van der Waals surface area contributed by atoms with Gasteiger partial charge < -0.3 is 15.9 Å². The van der Waals surface area contributed by atoms with Gasteiger partial charge in [-0.05, 0) is 32.0 Å². The molecule has 4 N–H and O–H groups in total. The maximum absolute atomic E-state index is 5.72. The second-order valence-electron chi connectivity index (χ2n) is 5.59. The van der Waals surface area contributed by atoms with E-state index in [-0.39, 0.29) is 18.0 Å². The number of oxazole rings is 1. The molecule has 0 atom stereocenters. The third-order valence-corrected chi connectivity index (χ3v) is 3.63. The minimum atomic E-state index is 0.144. The summed E-state index contributed by atoms with van der Waals surface area (Å²) in [5, 5.41) is 5.52. The van der Waals surface area contributed by atoms with Crippen LogP contribution in [0.2, 0.25) is 0 Å². The summed E-state index contributed by atoms with van der Waals surface area (Å²) in [4.78, 5) is 12.6. The molecular weight excluding hydrogens is 294 g/mol. The highest BCUT2D eigenvalue weighted by molar-refractivity contribution is 5.93. The fourth-order valence-corrected chi connectivity index (χ4v) is 2.60. The predicted molar refractivity (Wildman–Crippen MR) is 87.5 cm³/mol. The van der Waals surface area contributed by atoms with E-state index in [1.807, 2.05) is 36.7 Å². The third-order valence-electron chi connectivity index (χ3n) is 3.63. The molecule has 0 spiro atoms. The van der Waals surface area contributed by atoms with Crippen LogP contribution in [0.3, 0.4) is 0 Å². The number of rotatable bonds is 2. The van der Waals surface area contributed by atoms with E-state index in [1.165, 1.54) is 0 Å². The van der Waals surface area contributed by atoms with Crippen molar-refractivity contribution >= 4 is 34.1 Å². The highest BCUT2D eigenvalue weighted by atomic mass is 16.4. The number of nitrogen functional groups attached to an aromatic ring is 2. The lowest BCUT2D eigenvalue weighted by molar-refractivity contribution is 0.548. The predicted octanol–water partition coefficient (Wildman–Crippen LogP) is 2.38. The van der Waals surface area contributed by atoms with Crippen molar-refractivity contribution in [1.82, 2.24) is 24.7 Å². The summed E-state index contributed by atoms with van der Waals surface area (Å²) in [5.74, 6) is 0.227. The SMILES string of the molecule is CC(C)n1nc(-c2ccc3oc(N)nc3c2)c2cnc(N)nc21. The summed E-state index contributed by atoms with van der Waals surface area (Å²) in [6.45, 7) is 4.08. The Bertz CT molecular complexity index is 1030. The molecule has 0 bridgehead atoms. The number of hydrogen-bond acceptors (Lipinski definition) is 7. The molecule has 4 rings (SSSR count). The van der Waals surface area contributed by atoms with Gasteiger partial charge in [0.05, 0.1) is 5.39 Å². The second kappa shape index (κ2) is 4.67. The standard InChI is InChI=1S/C15H15N7O/c1-7(2)22-13-9(6-18-14(16)20-13)12(21-22)8-3-4-11-10(5-8)19-15(17)23-11/h3-7H,1-2H3,(H2,17,19)(H2,16,18,20). The van der Waals surface area contributed by atoms with Gasteiger partial charge in [0.25, 0.3) is 6.01 Å². The smallest absolute Gasteiger partial charge is 0.292 e.